The van der Waals surface area contributed by atoms with Crippen LogP contribution >= 0.6 is 0 Å². The van der Waals surface area contributed by atoms with Gasteiger partial charge in [-0.2, -0.15) is 0 Å². The van der Waals surface area contributed by atoms with Gasteiger partial charge in [0.15, 0.2) is 0 Å². The van der Waals surface area contributed by atoms with Crippen LogP contribution in [0, 0.1) is 13.8 Å². The summed E-state index contributed by atoms with van der Waals surface area (Å²) in [4.78, 5) is 0. The smallest absolute Gasteiger partial charge is 0.142 e. The normalized spacial score (nSPS) is 11.3. The Morgan fingerprint density at radius 2 is 1.76 bits per heavy atom. The molecular formula is C20H18O. The maximum atomic E-state index is 6.08. The molecule has 0 fully saturated rings. The Labute approximate surface area is 125 Å². The summed E-state index contributed by atoms with van der Waals surface area (Å²) in [6, 6.07) is 14.8. The lowest BCUT2D eigenvalue weighted by Gasteiger charge is -2.03. The van der Waals surface area contributed by atoms with Crippen molar-refractivity contribution in [2.24, 2.45) is 0 Å². The summed E-state index contributed by atoms with van der Waals surface area (Å²) >= 11 is 0. The summed E-state index contributed by atoms with van der Waals surface area (Å²) in [6.45, 7) is 7.89. The van der Waals surface area contributed by atoms with Crippen molar-refractivity contribution in [3.05, 3.63) is 78.1 Å². The SMILES string of the molecule is C=C/C=C\c1oc2c(-c3ccc(C)cc3)cccc2c1C. The fourth-order valence-electron chi connectivity index (χ4n) is 2.54. The van der Waals surface area contributed by atoms with Crippen LogP contribution in [0.2, 0.25) is 0 Å². The van der Waals surface area contributed by atoms with Crippen LogP contribution in [0.5, 0.6) is 0 Å². The molecule has 1 heterocycles. The average Bonchev–Trinajstić information content (AvgIpc) is 2.83. The molecular weight excluding hydrogens is 256 g/mol. The van der Waals surface area contributed by atoms with E-state index in [9.17, 15) is 0 Å². The Morgan fingerprint density at radius 1 is 1.00 bits per heavy atom. The highest BCUT2D eigenvalue weighted by Gasteiger charge is 2.12. The van der Waals surface area contributed by atoms with Crippen LogP contribution in [0.1, 0.15) is 16.9 Å². The molecule has 0 amide bonds. The molecule has 3 aromatic rings. The maximum absolute atomic E-state index is 6.08. The molecule has 0 aliphatic heterocycles. The number of benzene rings is 2. The van der Waals surface area contributed by atoms with Gasteiger partial charge in [0.2, 0.25) is 0 Å². The van der Waals surface area contributed by atoms with E-state index in [1.54, 1.807) is 6.08 Å². The zero-order valence-electron chi connectivity index (χ0n) is 12.4. The molecule has 0 saturated heterocycles. The first kappa shape index (κ1) is 13.4. The summed E-state index contributed by atoms with van der Waals surface area (Å²) in [5.41, 5.74) is 5.68. The first-order valence-corrected chi connectivity index (χ1v) is 7.09. The summed E-state index contributed by atoms with van der Waals surface area (Å²) in [7, 11) is 0. The van der Waals surface area contributed by atoms with E-state index in [4.69, 9.17) is 4.42 Å². The molecule has 0 atom stereocenters. The van der Waals surface area contributed by atoms with Gasteiger partial charge in [-0.05, 0) is 25.5 Å². The largest absolute Gasteiger partial charge is 0.456 e. The van der Waals surface area contributed by atoms with E-state index in [1.165, 1.54) is 11.1 Å². The fourth-order valence-corrected chi connectivity index (χ4v) is 2.54. The first-order valence-electron chi connectivity index (χ1n) is 7.09. The molecule has 0 N–H and O–H groups in total. The Kier molecular flexibility index (Phi) is 3.49. The van der Waals surface area contributed by atoms with Crippen molar-refractivity contribution in [2.75, 3.05) is 0 Å². The van der Waals surface area contributed by atoms with E-state index < -0.39 is 0 Å². The first-order chi connectivity index (χ1) is 10.2. The zero-order chi connectivity index (χ0) is 14.8. The van der Waals surface area contributed by atoms with Gasteiger partial charge in [0.05, 0.1) is 0 Å². The Balaban J connectivity index is 2.22. The van der Waals surface area contributed by atoms with Gasteiger partial charge >= 0.3 is 0 Å². The quantitative estimate of drug-likeness (QED) is 0.541. The molecule has 0 unspecified atom stereocenters. The fraction of sp³-hybridized carbons (Fsp3) is 0.100. The lowest BCUT2D eigenvalue weighted by atomic mass is 10.0. The number of hydrogen-bond donors (Lipinski definition) is 0. The summed E-state index contributed by atoms with van der Waals surface area (Å²) in [6.07, 6.45) is 5.62. The molecule has 0 aliphatic carbocycles. The second-order valence-corrected chi connectivity index (χ2v) is 5.23. The van der Waals surface area contributed by atoms with Crippen molar-refractivity contribution in [2.45, 2.75) is 13.8 Å². The topological polar surface area (TPSA) is 13.1 Å². The third-order valence-electron chi connectivity index (χ3n) is 3.75. The van der Waals surface area contributed by atoms with Crippen LogP contribution in [0.15, 0.2) is 65.6 Å². The van der Waals surface area contributed by atoms with Crippen molar-refractivity contribution >= 4 is 17.0 Å². The van der Waals surface area contributed by atoms with E-state index in [2.05, 4.69) is 62.9 Å². The van der Waals surface area contributed by atoms with Gasteiger partial charge in [0.25, 0.3) is 0 Å². The molecule has 1 heteroatoms. The lowest BCUT2D eigenvalue weighted by Crippen LogP contribution is -1.79. The molecule has 1 nitrogen and oxygen atoms in total. The molecule has 1 aromatic heterocycles. The minimum absolute atomic E-state index is 0.893. The van der Waals surface area contributed by atoms with Gasteiger partial charge in [0.1, 0.15) is 11.3 Å². The highest BCUT2D eigenvalue weighted by Crippen LogP contribution is 2.34. The van der Waals surface area contributed by atoms with Crippen LogP contribution in [0.4, 0.5) is 0 Å². The average molecular weight is 274 g/mol. The van der Waals surface area contributed by atoms with Gasteiger partial charge in [-0.1, -0.05) is 66.8 Å². The standard InChI is InChI=1S/C20H18O/c1-4-5-9-19-15(3)17-7-6-8-18(20(17)21-19)16-12-10-14(2)11-13-16/h4-13H,1H2,2-3H3/b9-5-. The molecule has 0 saturated carbocycles. The Hall–Kier alpha value is -2.54. The number of furan rings is 1. The highest BCUT2D eigenvalue weighted by atomic mass is 16.3. The second-order valence-electron chi connectivity index (χ2n) is 5.23. The van der Waals surface area contributed by atoms with Crippen molar-refractivity contribution < 1.29 is 4.42 Å². The Bertz CT molecular complexity index is 817. The van der Waals surface area contributed by atoms with Crippen LogP contribution in [-0.4, -0.2) is 0 Å². The second kappa shape index (κ2) is 5.45. The third kappa shape index (κ3) is 2.43. The zero-order valence-corrected chi connectivity index (χ0v) is 12.4. The van der Waals surface area contributed by atoms with E-state index in [0.29, 0.717) is 0 Å². The van der Waals surface area contributed by atoms with E-state index in [0.717, 1.165) is 27.9 Å². The maximum Gasteiger partial charge on any atom is 0.142 e. The highest BCUT2D eigenvalue weighted by molar-refractivity contribution is 5.96. The van der Waals surface area contributed by atoms with E-state index >= 15 is 0 Å². The van der Waals surface area contributed by atoms with Crippen molar-refractivity contribution in [3.8, 4) is 11.1 Å². The minimum atomic E-state index is 0.893. The summed E-state index contributed by atoms with van der Waals surface area (Å²) in [5.74, 6) is 0.893. The predicted octanol–water partition coefficient (Wildman–Crippen LogP) is 5.92. The van der Waals surface area contributed by atoms with Gasteiger partial charge in [-0.15, -0.1) is 0 Å². The predicted molar refractivity (Wildman–Crippen MR) is 90.4 cm³/mol. The molecule has 3 rings (SSSR count). The molecule has 104 valence electrons. The van der Waals surface area contributed by atoms with Crippen LogP contribution in [0.25, 0.3) is 28.2 Å². The van der Waals surface area contributed by atoms with Crippen molar-refractivity contribution in [1.29, 1.82) is 0 Å². The molecule has 0 radical (unpaired) electrons. The molecule has 0 bridgehead atoms. The van der Waals surface area contributed by atoms with Gasteiger partial charge in [0, 0.05) is 16.5 Å². The minimum Gasteiger partial charge on any atom is -0.456 e. The number of allylic oxidation sites excluding steroid dienone is 2. The van der Waals surface area contributed by atoms with Crippen LogP contribution < -0.4 is 0 Å². The number of para-hydroxylation sites is 1. The summed E-state index contributed by atoms with van der Waals surface area (Å²) in [5, 5.41) is 1.16. The van der Waals surface area contributed by atoms with Crippen LogP contribution in [-0.2, 0) is 0 Å². The van der Waals surface area contributed by atoms with Gasteiger partial charge in [-0.25, -0.2) is 0 Å². The van der Waals surface area contributed by atoms with E-state index in [-0.39, 0.29) is 0 Å². The number of aryl methyl sites for hydroxylation is 2. The van der Waals surface area contributed by atoms with Crippen LogP contribution in [0.3, 0.4) is 0 Å². The number of fused-ring (bicyclic) bond motifs is 1. The van der Waals surface area contributed by atoms with Crippen molar-refractivity contribution in [3.63, 3.8) is 0 Å². The molecule has 0 aliphatic rings. The summed E-state index contributed by atoms with van der Waals surface area (Å²) < 4.78 is 6.08. The monoisotopic (exact) mass is 274 g/mol. The molecule has 0 spiro atoms. The third-order valence-corrected chi connectivity index (χ3v) is 3.75. The van der Waals surface area contributed by atoms with Crippen molar-refractivity contribution in [1.82, 2.24) is 0 Å². The molecule has 2 aromatic carbocycles. The number of hydrogen-bond acceptors (Lipinski definition) is 1. The molecule has 21 heavy (non-hydrogen) atoms. The Morgan fingerprint density at radius 3 is 2.48 bits per heavy atom. The van der Waals surface area contributed by atoms with E-state index in [1.807, 2.05) is 12.2 Å². The number of rotatable bonds is 3. The van der Waals surface area contributed by atoms with Gasteiger partial charge < -0.3 is 4.42 Å². The van der Waals surface area contributed by atoms with Gasteiger partial charge in [-0.3, -0.25) is 0 Å². The lowest BCUT2D eigenvalue weighted by molar-refractivity contribution is 0.602.